The Morgan fingerprint density at radius 1 is 0.929 bits per heavy atom. The lowest BCUT2D eigenvalue weighted by Crippen LogP contribution is -2.50. The number of hydrogen-bond donors (Lipinski definition) is 1. The van der Waals surface area contributed by atoms with Crippen LogP contribution in [0.3, 0.4) is 0 Å². The summed E-state index contributed by atoms with van der Waals surface area (Å²) in [6.45, 7) is 13.1. The summed E-state index contributed by atoms with van der Waals surface area (Å²) in [5.41, 5.74) is 1.70. The van der Waals surface area contributed by atoms with Gasteiger partial charge in [0.25, 0.3) is 0 Å². The van der Waals surface area contributed by atoms with Crippen LogP contribution in [-0.2, 0) is 0 Å². The molecule has 1 heterocycles. The molecule has 0 aromatic carbocycles. The molecule has 0 unspecified atom stereocenters. The van der Waals surface area contributed by atoms with Gasteiger partial charge in [0.1, 0.15) is 0 Å². The van der Waals surface area contributed by atoms with Gasteiger partial charge in [0, 0.05) is 6.54 Å². The van der Waals surface area contributed by atoms with Gasteiger partial charge in [-0.3, -0.25) is 4.90 Å². The van der Waals surface area contributed by atoms with Crippen LogP contribution < -0.4 is 0 Å². The molecule has 2 nitrogen and oxygen atoms in total. The first-order valence-electron chi connectivity index (χ1n) is 12.5. The fourth-order valence-electron chi connectivity index (χ4n) is 9.09. The smallest absolute Gasteiger partial charge is 0.0622 e. The van der Waals surface area contributed by atoms with Gasteiger partial charge in [0.15, 0.2) is 0 Å². The highest BCUT2D eigenvalue weighted by atomic mass is 16.3. The van der Waals surface area contributed by atoms with Gasteiger partial charge in [-0.2, -0.15) is 0 Å². The SMILES string of the molecule is C=C(CN1CCCC1)[C@H]1CC[C@H]2[C@@H]3CC[C@H]4C[C@](C)(O)CC[C@@H]4[C@H]3CC[C@]12C. The average molecular weight is 386 g/mol. The number of rotatable bonds is 3. The van der Waals surface area contributed by atoms with Crippen LogP contribution in [0.15, 0.2) is 12.2 Å². The predicted octanol–water partition coefficient (Wildman–Crippen LogP) is 5.66. The van der Waals surface area contributed by atoms with Gasteiger partial charge in [-0.15, -0.1) is 0 Å². The Balaban J connectivity index is 1.29. The molecule has 0 aromatic heterocycles. The minimum Gasteiger partial charge on any atom is -0.390 e. The van der Waals surface area contributed by atoms with Crippen molar-refractivity contribution in [3.8, 4) is 0 Å². The van der Waals surface area contributed by atoms with Crippen molar-refractivity contribution in [2.75, 3.05) is 19.6 Å². The molecular formula is C26H43NO. The van der Waals surface area contributed by atoms with Crippen LogP contribution in [0.4, 0.5) is 0 Å². The van der Waals surface area contributed by atoms with Crippen LogP contribution in [0.2, 0.25) is 0 Å². The Hall–Kier alpha value is -0.340. The van der Waals surface area contributed by atoms with Gasteiger partial charge in [0.2, 0.25) is 0 Å². The molecule has 4 aliphatic carbocycles. The van der Waals surface area contributed by atoms with Crippen molar-refractivity contribution >= 4 is 0 Å². The number of nitrogens with zero attached hydrogens (tertiary/aromatic N) is 1. The molecule has 1 aliphatic heterocycles. The molecule has 2 heteroatoms. The summed E-state index contributed by atoms with van der Waals surface area (Å²) in [6, 6.07) is 0. The number of aliphatic hydroxyl groups is 1. The molecule has 158 valence electrons. The molecule has 1 N–H and O–H groups in total. The fourth-order valence-corrected chi connectivity index (χ4v) is 9.09. The third-order valence-corrected chi connectivity index (χ3v) is 10.4. The third-order valence-electron chi connectivity index (χ3n) is 10.4. The topological polar surface area (TPSA) is 23.5 Å². The van der Waals surface area contributed by atoms with Crippen molar-refractivity contribution < 1.29 is 5.11 Å². The molecule has 28 heavy (non-hydrogen) atoms. The monoisotopic (exact) mass is 385 g/mol. The Bertz CT molecular complexity index is 606. The van der Waals surface area contributed by atoms with Gasteiger partial charge in [0.05, 0.1) is 5.60 Å². The summed E-state index contributed by atoms with van der Waals surface area (Å²) in [5, 5.41) is 10.6. The fraction of sp³-hybridized carbons (Fsp3) is 0.923. The second-order valence-corrected chi connectivity index (χ2v) is 12.0. The molecule has 5 fully saturated rings. The molecule has 0 aromatic rings. The zero-order valence-electron chi connectivity index (χ0n) is 18.5. The maximum Gasteiger partial charge on any atom is 0.0622 e. The lowest BCUT2D eigenvalue weighted by Gasteiger charge is -2.57. The van der Waals surface area contributed by atoms with E-state index in [1.165, 1.54) is 77.4 Å². The van der Waals surface area contributed by atoms with Crippen LogP contribution in [0.5, 0.6) is 0 Å². The second kappa shape index (κ2) is 7.12. The average Bonchev–Trinajstić information content (AvgIpc) is 3.27. The molecule has 5 rings (SSSR count). The van der Waals surface area contributed by atoms with E-state index >= 15 is 0 Å². The second-order valence-electron chi connectivity index (χ2n) is 12.0. The zero-order valence-corrected chi connectivity index (χ0v) is 18.5. The molecular weight excluding hydrogens is 342 g/mol. The van der Waals surface area contributed by atoms with Crippen molar-refractivity contribution in [3.63, 3.8) is 0 Å². The van der Waals surface area contributed by atoms with Gasteiger partial charge in [-0.1, -0.05) is 19.1 Å². The van der Waals surface area contributed by atoms with Crippen molar-refractivity contribution in [2.24, 2.45) is 40.9 Å². The Morgan fingerprint density at radius 2 is 1.68 bits per heavy atom. The predicted molar refractivity (Wildman–Crippen MR) is 116 cm³/mol. The minimum absolute atomic E-state index is 0.386. The highest BCUT2D eigenvalue weighted by Gasteiger charge is 2.57. The summed E-state index contributed by atoms with van der Waals surface area (Å²) < 4.78 is 0. The van der Waals surface area contributed by atoms with Gasteiger partial charge >= 0.3 is 0 Å². The lowest BCUT2D eigenvalue weighted by molar-refractivity contribution is -0.0979. The van der Waals surface area contributed by atoms with Crippen LogP contribution in [0.25, 0.3) is 0 Å². The summed E-state index contributed by atoms with van der Waals surface area (Å²) in [7, 11) is 0. The lowest BCUT2D eigenvalue weighted by atomic mass is 9.49. The van der Waals surface area contributed by atoms with Crippen LogP contribution in [-0.4, -0.2) is 35.2 Å². The largest absolute Gasteiger partial charge is 0.390 e. The Kier molecular flexibility index (Phi) is 4.99. The normalized spacial score (nSPS) is 51.4. The number of hydrogen-bond acceptors (Lipinski definition) is 2. The Morgan fingerprint density at radius 3 is 2.46 bits per heavy atom. The van der Waals surface area contributed by atoms with E-state index in [0.717, 1.165) is 48.3 Å². The third kappa shape index (κ3) is 3.22. The quantitative estimate of drug-likeness (QED) is 0.634. The number of likely N-dealkylation sites (tertiary alicyclic amines) is 1. The summed E-state index contributed by atoms with van der Waals surface area (Å²) >= 11 is 0. The standard InChI is InChI=1S/C26H43NO/c1-18(17-27-14-4-5-15-27)23-8-9-24-22-7-6-19-16-25(2,28)12-10-20(19)21(22)11-13-26(23,24)3/h19-24,28H,1,4-17H2,2-3H3/t19-,20-,21+,22+,23+,24-,25+,26+/m0/s1. The maximum atomic E-state index is 10.6. The first kappa shape index (κ1) is 19.6. The van der Waals surface area contributed by atoms with Crippen LogP contribution in [0, 0.1) is 40.9 Å². The summed E-state index contributed by atoms with van der Waals surface area (Å²) in [5.74, 6) is 5.34. The molecule has 0 amide bonds. The van der Waals surface area contributed by atoms with E-state index in [0.29, 0.717) is 5.41 Å². The molecule has 8 atom stereocenters. The molecule has 1 saturated heterocycles. The van der Waals surface area contributed by atoms with Crippen molar-refractivity contribution in [1.82, 2.24) is 4.90 Å². The van der Waals surface area contributed by atoms with Crippen molar-refractivity contribution in [1.29, 1.82) is 0 Å². The van der Waals surface area contributed by atoms with Gasteiger partial charge in [-0.05, 0) is 132 Å². The van der Waals surface area contributed by atoms with Gasteiger partial charge in [-0.25, -0.2) is 0 Å². The maximum absolute atomic E-state index is 10.6. The summed E-state index contributed by atoms with van der Waals surface area (Å²) in [6.07, 6.45) is 14.7. The Labute approximate surface area is 173 Å². The summed E-state index contributed by atoms with van der Waals surface area (Å²) in [4.78, 5) is 2.66. The molecule has 0 spiro atoms. The van der Waals surface area contributed by atoms with Crippen LogP contribution in [0.1, 0.15) is 84.5 Å². The molecule has 5 aliphatic rings. The number of fused-ring (bicyclic) bond motifs is 5. The van der Waals surface area contributed by atoms with E-state index in [1.54, 1.807) is 5.57 Å². The first-order chi connectivity index (χ1) is 13.4. The van der Waals surface area contributed by atoms with E-state index in [2.05, 4.69) is 25.3 Å². The minimum atomic E-state index is -0.386. The van der Waals surface area contributed by atoms with Crippen molar-refractivity contribution in [3.05, 3.63) is 12.2 Å². The molecule has 0 radical (unpaired) electrons. The van der Waals surface area contributed by atoms with Crippen molar-refractivity contribution in [2.45, 2.75) is 90.1 Å². The molecule has 0 bridgehead atoms. The highest BCUT2D eigenvalue weighted by Crippen LogP contribution is 2.65. The van der Waals surface area contributed by atoms with Crippen LogP contribution >= 0.6 is 0 Å². The van der Waals surface area contributed by atoms with E-state index < -0.39 is 0 Å². The molecule has 4 saturated carbocycles. The highest BCUT2D eigenvalue weighted by molar-refractivity contribution is 5.17. The van der Waals surface area contributed by atoms with E-state index in [4.69, 9.17) is 0 Å². The van der Waals surface area contributed by atoms with E-state index in [-0.39, 0.29) is 5.60 Å². The zero-order chi connectivity index (χ0) is 19.5. The van der Waals surface area contributed by atoms with Gasteiger partial charge < -0.3 is 5.11 Å². The van der Waals surface area contributed by atoms with E-state index in [1.807, 2.05) is 0 Å². The van der Waals surface area contributed by atoms with E-state index in [9.17, 15) is 5.11 Å². The first-order valence-corrected chi connectivity index (χ1v) is 12.5.